The summed E-state index contributed by atoms with van der Waals surface area (Å²) in [5.74, 6) is -1.12. The van der Waals surface area contributed by atoms with Crippen LogP contribution < -0.4 is 21.5 Å². The normalized spacial score (nSPS) is 11.4. The lowest BCUT2D eigenvalue weighted by atomic mass is 10.0. The van der Waals surface area contributed by atoms with Crippen molar-refractivity contribution in [3.63, 3.8) is 0 Å². The van der Waals surface area contributed by atoms with Gasteiger partial charge < -0.3 is 26.4 Å². The van der Waals surface area contributed by atoms with Crippen LogP contribution in [0.25, 0.3) is 0 Å². The number of nitrogens with one attached hydrogen (secondary N) is 1. The third-order valence-electron chi connectivity index (χ3n) is 5.99. The predicted octanol–water partition coefficient (Wildman–Crippen LogP) is 3.92. The molecule has 1 heterocycles. The first-order valence-electron chi connectivity index (χ1n) is 12.3. The molecular formula is C29H29N5O4S. The SMILES string of the molecule is CCOc1ccc(C(C(=O)NCc2ccccc2)N(Cc2ccccc2)C(=O)c2snc(C(N)=O)c2N)cc1. The zero-order chi connectivity index (χ0) is 27.8. The number of hydrogen-bond acceptors (Lipinski definition) is 7. The number of anilines is 1. The number of hydrogen-bond donors (Lipinski definition) is 3. The Morgan fingerprint density at radius 1 is 0.949 bits per heavy atom. The van der Waals surface area contributed by atoms with Crippen molar-refractivity contribution >= 4 is 34.9 Å². The van der Waals surface area contributed by atoms with E-state index >= 15 is 0 Å². The molecule has 1 aromatic heterocycles. The van der Waals surface area contributed by atoms with E-state index in [2.05, 4.69) is 9.69 Å². The van der Waals surface area contributed by atoms with Crippen LogP contribution >= 0.6 is 11.5 Å². The minimum atomic E-state index is -1.03. The van der Waals surface area contributed by atoms with E-state index < -0.39 is 17.9 Å². The highest BCUT2D eigenvalue weighted by atomic mass is 32.1. The van der Waals surface area contributed by atoms with Crippen LogP contribution in [0.5, 0.6) is 5.75 Å². The molecule has 0 spiro atoms. The number of primary amides is 1. The molecule has 200 valence electrons. The van der Waals surface area contributed by atoms with Gasteiger partial charge in [-0.05, 0) is 47.3 Å². The van der Waals surface area contributed by atoms with Gasteiger partial charge in [-0.25, -0.2) is 0 Å². The van der Waals surface area contributed by atoms with Gasteiger partial charge in [0.1, 0.15) is 16.7 Å². The number of benzene rings is 3. The van der Waals surface area contributed by atoms with Crippen LogP contribution in [-0.4, -0.2) is 33.6 Å². The molecule has 3 aromatic carbocycles. The van der Waals surface area contributed by atoms with Crippen molar-refractivity contribution < 1.29 is 19.1 Å². The summed E-state index contributed by atoms with van der Waals surface area (Å²) in [4.78, 5) is 41.1. The van der Waals surface area contributed by atoms with Gasteiger partial charge in [0.2, 0.25) is 5.91 Å². The van der Waals surface area contributed by atoms with Crippen molar-refractivity contribution in [3.05, 3.63) is 112 Å². The molecule has 0 bridgehead atoms. The van der Waals surface area contributed by atoms with E-state index in [1.54, 1.807) is 24.3 Å². The van der Waals surface area contributed by atoms with Crippen molar-refractivity contribution in [2.45, 2.75) is 26.1 Å². The zero-order valence-electron chi connectivity index (χ0n) is 21.4. The van der Waals surface area contributed by atoms with Gasteiger partial charge in [-0.1, -0.05) is 72.8 Å². The van der Waals surface area contributed by atoms with Gasteiger partial charge in [-0.15, -0.1) is 0 Å². The van der Waals surface area contributed by atoms with Gasteiger partial charge in [0.15, 0.2) is 5.69 Å². The number of amides is 3. The van der Waals surface area contributed by atoms with E-state index in [4.69, 9.17) is 16.2 Å². The molecule has 5 N–H and O–H groups in total. The summed E-state index contributed by atoms with van der Waals surface area (Å²) in [6.45, 7) is 2.74. The molecule has 0 aliphatic carbocycles. The van der Waals surface area contributed by atoms with Crippen LogP contribution in [0.1, 0.15) is 49.8 Å². The molecular weight excluding hydrogens is 514 g/mol. The lowest BCUT2D eigenvalue weighted by Gasteiger charge is -2.31. The van der Waals surface area contributed by atoms with Gasteiger partial charge in [-0.2, -0.15) is 4.37 Å². The number of nitrogen functional groups attached to an aromatic ring is 1. The summed E-state index contributed by atoms with van der Waals surface area (Å²) in [6.07, 6.45) is 0. The average molecular weight is 544 g/mol. The smallest absolute Gasteiger partial charge is 0.270 e. The summed E-state index contributed by atoms with van der Waals surface area (Å²) in [5, 5.41) is 2.97. The first kappa shape index (κ1) is 27.3. The van der Waals surface area contributed by atoms with E-state index in [0.717, 1.165) is 22.7 Å². The van der Waals surface area contributed by atoms with Crippen LogP contribution in [0.2, 0.25) is 0 Å². The summed E-state index contributed by atoms with van der Waals surface area (Å²) < 4.78 is 9.56. The Labute approximate surface area is 230 Å². The summed E-state index contributed by atoms with van der Waals surface area (Å²) >= 11 is 0.776. The van der Waals surface area contributed by atoms with Crippen molar-refractivity contribution in [2.75, 3.05) is 12.3 Å². The van der Waals surface area contributed by atoms with Crippen LogP contribution in [0, 0.1) is 0 Å². The highest BCUT2D eigenvalue weighted by Gasteiger charge is 2.35. The molecule has 1 atom stereocenters. The lowest BCUT2D eigenvalue weighted by molar-refractivity contribution is -0.126. The largest absolute Gasteiger partial charge is 0.494 e. The fourth-order valence-electron chi connectivity index (χ4n) is 4.09. The van der Waals surface area contributed by atoms with Crippen molar-refractivity contribution in [1.29, 1.82) is 0 Å². The Kier molecular flexibility index (Phi) is 8.90. The van der Waals surface area contributed by atoms with E-state index in [0.29, 0.717) is 17.9 Å². The second-order valence-corrected chi connectivity index (χ2v) is 9.44. The highest BCUT2D eigenvalue weighted by molar-refractivity contribution is 7.09. The molecule has 0 radical (unpaired) electrons. The molecule has 0 fully saturated rings. The monoisotopic (exact) mass is 543 g/mol. The molecule has 3 amide bonds. The Morgan fingerprint density at radius 2 is 1.56 bits per heavy atom. The average Bonchev–Trinajstić information content (AvgIpc) is 3.35. The number of aromatic nitrogens is 1. The Bertz CT molecular complexity index is 1430. The minimum Gasteiger partial charge on any atom is -0.494 e. The first-order chi connectivity index (χ1) is 18.9. The topological polar surface area (TPSA) is 141 Å². The second kappa shape index (κ2) is 12.7. The number of carbonyl (C=O) groups is 3. The van der Waals surface area contributed by atoms with Gasteiger partial charge in [0, 0.05) is 13.1 Å². The van der Waals surface area contributed by atoms with Crippen LogP contribution in [0.4, 0.5) is 5.69 Å². The summed E-state index contributed by atoms with van der Waals surface area (Å²) in [6, 6.07) is 24.8. The molecule has 1 unspecified atom stereocenters. The maximum absolute atomic E-state index is 14.0. The lowest BCUT2D eigenvalue weighted by Crippen LogP contribution is -2.43. The number of carbonyl (C=O) groups excluding carboxylic acids is 3. The number of rotatable bonds is 11. The maximum atomic E-state index is 14.0. The Hall–Kier alpha value is -4.70. The number of nitrogens with zero attached hydrogens (tertiary/aromatic N) is 2. The van der Waals surface area contributed by atoms with Gasteiger partial charge in [0.05, 0.1) is 12.3 Å². The molecule has 39 heavy (non-hydrogen) atoms. The molecule has 0 aliphatic rings. The summed E-state index contributed by atoms with van der Waals surface area (Å²) in [5.41, 5.74) is 13.5. The molecule has 4 rings (SSSR count). The fraction of sp³-hybridized carbons (Fsp3) is 0.172. The van der Waals surface area contributed by atoms with E-state index in [1.165, 1.54) is 4.90 Å². The number of nitrogens with two attached hydrogens (primary N) is 2. The van der Waals surface area contributed by atoms with Gasteiger partial charge in [0.25, 0.3) is 11.8 Å². The molecule has 0 saturated heterocycles. The van der Waals surface area contributed by atoms with E-state index in [9.17, 15) is 14.4 Å². The quantitative estimate of drug-likeness (QED) is 0.262. The van der Waals surface area contributed by atoms with Crippen molar-refractivity contribution in [2.24, 2.45) is 5.73 Å². The Balaban J connectivity index is 1.77. The fourth-order valence-corrected chi connectivity index (χ4v) is 4.85. The second-order valence-electron chi connectivity index (χ2n) is 8.66. The summed E-state index contributed by atoms with van der Waals surface area (Å²) in [7, 11) is 0. The van der Waals surface area contributed by atoms with Gasteiger partial charge >= 0.3 is 0 Å². The van der Waals surface area contributed by atoms with Crippen LogP contribution in [-0.2, 0) is 17.9 Å². The van der Waals surface area contributed by atoms with Crippen LogP contribution in [0.15, 0.2) is 84.9 Å². The molecule has 0 aliphatic heterocycles. The standard InChI is InChI=1S/C29H29N5O4S/c1-2-38-22-15-13-21(14-16-22)25(28(36)32-17-19-9-5-3-6-10-19)34(18-20-11-7-4-8-12-20)29(37)26-23(30)24(27(31)35)33-39-26/h3-16,25H,2,17-18,30H2,1H3,(H2,31,35)(H,32,36). The zero-order valence-corrected chi connectivity index (χ0v) is 22.2. The van der Waals surface area contributed by atoms with Gasteiger partial charge in [-0.3, -0.25) is 14.4 Å². The van der Waals surface area contributed by atoms with Crippen molar-refractivity contribution in [1.82, 2.24) is 14.6 Å². The predicted molar refractivity (Wildman–Crippen MR) is 150 cm³/mol. The molecule has 4 aromatic rings. The maximum Gasteiger partial charge on any atom is 0.270 e. The third-order valence-corrected chi connectivity index (χ3v) is 6.84. The van der Waals surface area contributed by atoms with Crippen LogP contribution in [0.3, 0.4) is 0 Å². The Morgan fingerprint density at radius 3 is 2.13 bits per heavy atom. The molecule has 9 nitrogen and oxygen atoms in total. The number of ether oxygens (including phenoxy) is 1. The molecule has 0 saturated carbocycles. The van der Waals surface area contributed by atoms with Crippen molar-refractivity contribution in [3.8, 4) is 5.75 Å². The van der Waals surface area contributed by atoms with E-state index in [1.807, 2.05) is 67.6 Å². The highest BCUT2D eigenvalue weighted by Crippen LogP contribution is 2.31. The third kappa shape index (κ3) is 6.60. The minimum absolute atomic E-state index is 0.0338. The first-order valence-corrected chi connectivity index (χ1v) is 13.1. The molecule has 10 heteroatoms. The van der Waals surface area contributed by atoms with E-state index in [-0.39, 0.29) is 35.3 Å².